The number of aromatic hydroxyl groups is 1. The van der Waals surface area contributed by atoms with Crippen LogP contribution in [0.1, 0.15) is 10.4 Å². The fourth-order valence-corrected chi connectivity index (χ4v) is 1.30. The normalized spacial score (nSPS) is 12.2. The Labute approximate surface area is 93.6 Å². The summed E-state index contributed by atoms with van der Waals surface area (Å²) < 4.78 is 60.7. The van der Waals surface area contributed by atoms with Crippen LogP contribution in [0.25, 0.3) is 0 Å². The molecule has 0 bridgehead atoms. The molecule has 0 saturated carbocycles. The summed E-state index contributed by atoms with van der Waals surface area (Å²) in [6.07, 6.45) is 0.247. The van der Waals surface area contributed by atoms with Crippen LogP contribution in [0.2, 0.25) is 0 Å². The van der Waals surface area contributed by atoms with Gasteiger partial charge in [0.25, 0.3) is 0 Å². The molecule has 0 amide bonds. The molecule has 17 heavy (non-hydrogen) atoms. The SMILES string of the molecule is O=Cc1ccc(OS(=O)(=O)C(F)(F)F)cc1O. The number of hydrogen-bond donors (Lipinski definition) is 1. The summed E-state index contributed by atoms with van der Waals surface area (Å²) in [7, 11) is -5.79. The predicted octanol–water partition coefficient (Wildman–Crippen LogP) is 1.43. The van der Waals surface area contributed by atoms with Crippen molar-refractivity contribution in [3.63, 3.8) is 0 Å². The summed E-state index contributed by atoms with van der Waals surface area (Å²) in [6, 6.07) is 2.32. The molecule has 0 heterocycles. The Morgan fingerprint density at radius 3 is 2.29 bits per heavy atom. The van der Waals surface area contributed by atoms with Crippen LogP contribution in [-0.4, -0.2) is 25.3 Å². The van der Waals surface area contributed by atoms with Gasteiger partial charge in [0.1, 0.15) is 11.5 Å². The summed E-state index contributed by atoms with van der Waals surface area (Å²) in [4.78, 5) is 10.3. The van der Waals surface area contributed by atoms with E-state index in [1.54, 1.807) is 0 Å². The van der Waals surface area contributed by atoms with Crippen LogP contribution in [0.15, 0.2) is 18.2 Å². The van der Waals surface area contributed by atoms with Crippen LogP contribution in [0.3, 0.4) is 0 Å². The summed E-state index contributed by atoms with van der Waals surface area (Å²) in [5.74, 6) is -1.43. The number of benzene rings is 1. The van der Waals surface area contributed by atoms with Gasteiger partial charge in [0.05, 0.1) is 5.56 Å². The van der Waals surface area contributed by atoms with Crippen molar-refractivity contribution < 1.29 is 35.7 Å². The van der Waals surface area contributed by atoms with Crippen LogP contribution >= 0.6 is 0 Å². The van der Waals surface area contributed by atoms with Crippen LogP contribution < -0.4 is 4.18 Å². The summed E-state index contributed by atoms with van der Waals surface area (Å²) >= 11 is 0. The average molecular weight is 270 g/mol. The first-order valence-electron chi connectivity index (χ1n) is 3.96. The lowest BCUT2D eigenvalue weighted by atomic mass is 10.2. The lowest BCUT2D eigenvalue weighted by molar-refractivity contribution is -0.0500. The van der Waals surface area contributed by atoms with Crippen molar-refractivity contribution in [2.24, 2.45) is 0 Å². The topological polar surface area (TPSA) is 80.7 Å². The summed E-state index contributed by atoms with van der Waals surface area (Å²) in [5, 5.41) is 9.10. The highest BCUT2D eigenvalue weighted by Crippen LogP contribution is 2.29. The fraction of sp³-hybridized carbons (Fsp3) is 0.125. The molecule has 94 valence electrons. The van der Waals surface area contributed by atoms with E-state index in [1.807, 2.05) is 0 Å². The van der Waals surface area contributed by atoms with E-state index >= 15 is 0 Å². The number of aldehydes is 1. The Hall–Kier alpha value is -1.77. The number of alkyl halides is 3. The summed E-state index contributed by atoms with van der Waals surface area (Å²) in [5.41, 5.74) is -5.77. The number of halogens is 3. The van der Waals surface area contributed by atoms with E-state index in [0.717, 1.165) is 12.1 Å². The first-order valence-corrected chi connectivity index (χ1v) is 5.37. The molecule has 1 N–H and O–H groups in total. The third kappa shape index (κ3) is 2.87. The molecule has 0 atom stereocenters. The van der Waals surface area contributed by atoms with Gasteiger partial charge in [-0.3, -0.25) is 4.79 Å². The molecule has 0 radical (unpaired) electrons. The largest absolute Gasteiger partial charge is 0.534 e. The van der Waals surface area contributed by atoms with Gasteiger partial charge in [-0.25, -0.2) is 0 Å². The van der Waals surface area contributed by atoms with Crippen LogP contribution in [0.4, 0.5) is 13.2 Å². The van der Waals surface area contributed by atoms with Gasteiger partial charge >= 0.3 is 15.6 Å². The number of carbonyl (C=O) groups is 1. The monoisotopic (exact) mass is 270 g/mol. The summed E-state index contributed by atoms with van der Waals surface area (Å²) in [6.45, 7) is 0. The molecule has 0 spiro atoms. The van der Waals surface area contributed by atoms with Crippen molar-refractivity contribution in [3.05, 3.63) is 23.8 Å². The van der Waals surface area contributed by atoms with Gasteiger partial charge in [-0.15, -0.1) is 0 Å². The van der Waals surface area contributed by atoms with E-state index in [9.17, 15) is 26.4 Å². The van der Waals surface area contributed by atoms with E-state index in [-0.39, 0.29) is 11.8 Å². The predicted molar refractivity (Wildman–Crippen MR) is 49.1 cm³/mol. The van der Waals surface area contributed by atoms with Gasteiger partial charge in [0.2, 0.25) is 0 Å². The zero-order chi connectivity index (χ0) is 13.3. The zero-order valence-electron chi connectivity index (χ0n) is 7.93. The molecule has 0 saturated heterocycles. The molecule has 5 nitrogen and oxygen atoms in total. The molecule has 1 aromatic rings. The van der Waals surface area contributed by atoms with E-state index in [2.05, 4.69) is 4.18 Å². The first-order chi connectivity index (χ1) is 7.67. The number of carbonyl (C=O) groups excluding carboxylic acids is 1. The van der Waals surface area contributed by atoms with Crippen LogP contribution in [-0.2, 0) is 10.1 Å². The number of hydrogen-bond acceptors (Lipinski definition) is 5. The average Bonchev–Trinajstić information content (AvgIpc) is 2.15. The molecule has 0 aliphatic heterocycles. The Balaban J connectivity index is 3.06. The maximum absolute atomic E-state index is 11.9. The fourth-order valence-electron chi connectivity index (χ4n) is 0.849. The van der Waals surface area contributed by atoms with Gasteiger partial charge < -0.3 is 9.29 Å². The molecule has 0 unspecified atom stereocenters. The highest BCUT2D eigenvalue weighted by atomic mass is 32.2. The van der Waals surface area contributed by atoms with Gasteiger partial charge in [0.15, 0.2) is 6.29 Å². The first kappa shape index (κ1) is 13.3. The molecular weight excluding hydrogens is 265 g/mol. The standard InChI is InChI=1S/C8H5F3O5S/c9-8(10,11)17(14,15)16-6-2-1-5(4-12)7(13)3-6/h1-4,13H. The van der Waals surface area contributed by atoms with Gasteiger partial charge in [0, 0.05) is 6.07 Å². The molecule has 0 aromatic heterocycles. The van der Waals surface area contributed by atoms with Crippen LogP contribution in [0.5, 0.6) is 11.5 Å². The van der Waals surface area contributed by atoms with Crippen molar-refractivity contribution in [1.82, 2.24) is 0 Å². The van der Waals surface area contributed by atoms with Crippen molar-refractivity contribution in [1.29, 1.82) is 0 Å². The van der Waals surface area contributed by atoms with Crippen LogP contribution in [0, 0.1) is 0 Å². The minimum Gasteiger partial charge on any atom is -0.507 e. The Morgan fingerprint density at radius 1 is 1.29 bits per heavy atom. The number of phenolic OH excluding ortho intramolecular Hbond substituents is 1. The quantitative estimate of drug-likeness (QED) is 0.510. The molecule has 9 heteroatoms. The maximum Gasteiger partial charge on any atom is 0.534 e. The second-order valence-electron chi connectivity index (χ2n) is 2.82. The Bertz CT molecular complexity index is 535. The van der Waals surface area contributed by atoms with Gasteiger partial charge in [-0.05, 0) is 12.1 Å². The maximum atomic E-state index is 11.9. The van der Waals surface area contributed by atoms with E-state index in [0.29, 0.717) is 6.07 Å². The Morgan fingerprint density at radius 2 is 1.88 bits per heavy atom. The van der Waals surface area contributed by atoms with Crippen molar-refractivity contribution >= 4 is 16.4 Å². The molecule has 0 aliphatic carbocycles. The zero-order valence-corrected chi connectivity index (χ0v) is 8.75. The Kier molecular flexibility index (Phi) is 3.32. The second-order valence-corrected chi connectivity index (χ2v) is 4.36. The number of rotatable bonds is 3. The highest BCUT2D eigenvalue weighted by Gasteiger charge is 2.48. The third-order valence-corrected chi connectivity index (χ3v) is 2.60. The van der Waals surface area contributed by atoms with Gasteiger partial charge in [-0.2, -0.15) is 21.6 Å². The molecule has 0 fully saturated rings. The third-order valence-electron chi connectivity index (χ3n) is 1.62. The minimum atomic E-state index is -5.79. The van der Waals surface area contributed by atoms with E-state index < -0.39 is 27.1 Å². The molecular formula is C8H5F3O5S. The smallest absolute Gasteiger partial charge is 0.507 e. The molecule has 1 aromatic carbocycles. The van der Waals surface area contributed by atoms with Crippen molar-refractivity contribution in [3.8, 4) is 11.5 Å². The highest BCUT2D eigenvalue weighted by molar-refractivity contribution is 7.87. The lowest BCUT2D eigenvalue weighted by Gasteiger charge is -2.09. The second kappa shape index (κ2) is 4.24. The van der Waals surface area contributed by atoms with Gasteiger partial charge in [-0.1, -0.05) is 0 Å². The lowest BCUT2D eigenvalue weighted by Crippen LogP contribution is -2.28. The number of phenols is 1. The minimum absolute atomic E-state index is 0.207. The molecule has 1 rings (SSSR count). The van der Waals surface area contributed by atoms with Crippen molar-refractivity contribution in [2.75, 3.05) is 0 Å². The van der Waals surface area contributed by atoms with E-state index in [1.165, 1.54) is 0 Å². The molecule has 0 aliphatic rings. The van der Waals surface area contributed by atoms with Crippen molar-refractivity contribution in [2.45, 2.75) is 5.51 Å². The van der Waals surface area contributed by atoms with E-state index in [4.69, 9.17) is 5.11 Å².